The number of carbonyl (C=O) groups is 2. The van der Waals surface area contributed by atoms with Gasteiger partial charge in [0.05, 0.1) is 31.5 Å². The van der Waals surface area contributed by atoms with Crippen LogP contribution in [0.5, 0.6) is 0 Å². The molecule has 6 rings (SSSR count). The van der Waals surface area contributed by atoms with Crippen molar-refractivity contribution in [2.24, 2.45) is 0 Å². The fourth-order valence-corrected chi connectivity index (χ4v) is 5.64. The van der Waals surface area contributed by atoms with Gasteiger partial charge in [-0.3, -0.25) is 4.79 Å². The molecule has 1 amide bonds. The first kappa shape index (κ1) is 25.8. The van der Waals surface area contributed by atoms with Crippen molar-refractivity contribution in [3.8, 4) is 0 Å². The van der Waals surface area contributed by atoms with E-state index in [0.717, 1.165) is 30.8 Å². The van der Waals surface area contributed by atoms with Crippen molar-refractivity contribution in [1.82, 2.24) is 24.9 Å². The molecule has 2 fully saturated rings. The number of carbonyl (C=O) groups excluding carboxylic acids is 1. The molecule has 0 unspecified atom stereocenters. The van der Waals surface area contributed by atoms with Gasteiger partial charge in [-0.05, 0) is 42.7 Å². The molecule has 206 valence electrons. The van der Waals surface area contributed by atoms with Crippen molar-refractivity contribution in [2.75, 3.05) is 42.5 Å². The van der Waals surface area contributed by atoms with Crippen LogP contribution in [0.15, 0.2) is 60.8 Å². The number of benzene rings is 1. The minimum atomic E-state index is -1.17. The predicted molar refractivity (Wildman–Crippen MR) is 149 cm³/mol. The quantitative estimate of drug-likeness (QED) is 0.322. The highest BCUT2D eigenvalue weighted by atomic mass is 16.4. The summed E-state index contributed by atoms with van der Waals surface area (Å²) >= 11 is 0. The van der Waals surface area contributed by atoms with Crippen LogP contribution < -0.4 is 15.1 Å². The van der Waals surface area contributed by atoms with Crippen molar-refractivity contribution < 1.29 is 19.8 Å². The maximum Gasteiger partial charge on any atom is 0.354 e. The van der Waals surface area contributed by atoms with Gasteiger partial charge in [0.15, 0.2) is 11.3 Å². The van der Waals surface area contributed by atoms with Crippen molar-refractivity contribution in [1.29, 1.82) is 0 Å². The summed E-state index contributed by atoms with van der Waals surface area (Å²) in [5, 5.41) is 27.2. The Bertz CT molecular complexity index is 1600. The number of amides is 1. The summed E-state index contributed by atoms with van der Waals surface area (Å²) in [4.78, 5) is 36.7. The number of aryl methyl sites for hydroxylation is 1. The second-order valence-electron chi connectivity index (χ2n) is 11.1. The van der Waals surface area contributed by atoms with Crippen molar-refractivity contribution in [2.45, 2.75) is 31.3 Å². The Hall–Kier alpha value is -4.51. The number of carboxylic acid groups (broad SMARTS) is 1. The first-order chi connectivity index (χ1) is 19.1. The number of nitrogens with zero attached hydrogens (tertiary/aromatic N) is 6. The maximum atomic E-state index is 12.9. The van der Waals surface area contributed by atoms with Crippen LogP contribution >= 0.6 is 0 Å². The molecular formula is C29H31N7O4. The molecule has 2 aliphatic heterocycles. The molecule has 1 aromatic carbocycles. The van der Waals surface area contributed by atoms with Gasteiger partial charge in [0.2, 0.25) is 5.82 Å². The van der Waals surface area contributed by atoms with Crippen LogP contribution in [-0.4, -0.2) is 80.0 Å². The van der Waals surface area contributed by atoms with Crippen molar-refractivity contribution in [3.63, 3.8) is 0 Å². The van der Waals surface area contributed by atoms with Gasteiger partial charge >= 0.3 is 5.97 Å². The van der Waals surface area contributed by atoms with Gasteiger partial charge in [0, 0.05) is 18.5 Å². The number of carboxylic acids is 1. The molecule has 40 heavy (non-hydrogen) atoms. The molecule has 0 radical (unpaired) electrons. The number of pyridine rings is 2. The van der Waals surface area contributed by atoms with Gasteiger partial charge in [-0.1, -0.05) is 43.3 Å². The minimum Gasteiger partial charge on any atom is -0.477 e. The summed E-state index contributed by atoms with van der Waals surface area (Å²) in [7, 11) is 0. The lowest BCUT2D eigenvalue weighted by atomic mass is 9.82. The SMILES string of the molecule is Cc1cc(N2CC[C@](C)(c3ccccc3)C2)cn2nc(C(=O)NCC3(O)CN(c4cccc(C(=O)O)n4)C3)nc12. The highest BCUT2D eigenvalue weighted by Gasteiger charge is 2.42. The molecule has 11 heteroatoms. The predicted octanol–water partition coefficient (Wildman–Crippen LogP) is 2.28. The van der Waals surface area contributed by atoms with Gasteiger partial charge in [0.25, 0.3) is 5.91 Å². The number of hydrogen-bond donors (Lipinski definition) is 3. The number of anilines is 2. The first-order valence-corrected chi connectivity index (χ1v) is 13.3. The zero-order chi connectivity index (χ0) is 28.1. The summed E-state index contributed by atoms with van der Waals surface area (Å²) in [5.74, 6) is -1.09. The van der Waals surface area contributed by atoms with Gasteiger partial charge in [0.1, 0.15) is 11.4 Å². The summed E-state index contributed by atoms with van der Waals surface area (Å²) in [6.45, 7) is 6.49. The van der Waals surface area contributed by atoms with E-state index in [1.165, 1.54) is 11.6 Å². The molecule has 0 spiro atoms. The maximum absolute atomic E-state index is 12.9. The number of aliphatic hydroxyl groups is 1. The molecule has 0 saturated carbocycles. The molecule has 2 aliphatic rings. The number of aromatic carboxylic acids is 1. The van der Waals surface area contributed by atoms with E-state index < -0.39 is 17.5 Å². The number of nitrogens with one attached hydrogen (secondary N) is 1. The van der Waals surface area contributed by atoms with Gasteiger partial charge in [-0.15, -0.1) is 5.10 Å². The third-order valence-corrected chi connectivity index (χ3v) is 7.94. The number of hydrogen-bond acceptors (Lipinski definition) is 8. The smallest absolute Gasteiger partial charge is 0.354 e. The summed E-state index contributed by atoms with van der Waals surface area (Å²) in [5.41, 5.74) is 2.72. The molecule has 5 heterocycles. The van der Waals surface area contributed by atoms with Gasteiger partial charge in [-0.2, -0.15) is 0 Å². The Labute approximate surface area is 231 Å². The van der Waals surface area contributed by atoms with E-state index in [9.17, 15) is 14.7 Å². The van der Waals surface area contributed by atoms with Crippen LogP contribution in [0.2, 0.25) is 0 Å². The van der Waals surface area contributed by atoms with E-state index in [1.54, 1.807) is 21.5 Å². The third-order valence-electron chi connectivity index (χ3n) is 7.94. The molecule has 11 nitrogen and oxygen atoms in total. The number of β-amino-alcohol motifs (C(OH)–C–C–N with tert-alkyl or cyclic N) is 1. The highest BCUT2D eigenvalue weighted by Crippen LogP contribution is 2.36. The van der Waals surface area contributed by atoms with Crippen molar-refractivity contribution >= 4 is 29.0 Å². The van der Waals surface area contributed by atoms with Crippen LogP contribution in [0.3, 0.4) is 0 Å². The van der Waals surface area contributed by atoms with E-state index in [1.807, 2.05) is 19.2 Å². The zero-order valence-corrected chi connectivity index (χ0v) is 22.4. The van der Waals surface area contributed by atoms with E-state index in [0.29, 0.717) is 11.5 Å². The lowest BCUT2D eigenvalue weighted by Crippen LogP contribution is -2.66. The molecule has 3 N–H and O–H groups in total. The van der Waals surface area contributed by atoms with Crippen LogP contribution in [0, 0.1) is 6.92 Å². The van der Waals surface area contributed by atoms with Crippen LogP contribution in [-0.2, 0) is 5.41 Å². The number of aromatic nitrogens is 4. The van der Waals surface area contributed by atoms with E-state index >= 15 is 0 Å². The summed E-state index contributed by atoms with van der Waals surface area (Å²) in [6, 6.07) is 17.4. The Morgan fingerprint density at radius 1 is 1.02 bits per heavy atom. The molecule has 0 aliphatic carbocycles. The molecule has 1 atom stereocenters. The Kier molecular flexibility index (Phi) is 6.18. The second-order valence-corrected chi connectivity index (χ2v) is 11.1. The normalized spacial score (nSPS) is 20.0. The summed E-state index contributed by atoms with van der Waals surface area (Å²) < 4.78 is 1.65. The molecular weight excluding hydrogens is 510 g/mol. The zero-order valence-electron chi connectivity index (χ0n) is 22.4. The molecule has 4 aromatic rings. The third kappa shape index (κ3) is 4.73. The second kappa shape index (κ2) is 9.60. The minimum absolute atomic E-state index is 0.00653. The molecule has 0 bridgehead atoms. The van der Waals surface area contributed by atoms with E-state index in [4.69, 9.17) is 5.11 Å². The first-order valence-electron chi connectivity index (χ1n) is 13.3. The largest absolute Gasteiger partial charge is 0.477 e. The van der Waals surface area contributed by atoms with Gasteiger partial charge < -0.3 is 25.3 Å². The van der Waals surface area contributed by atoms with Gasteiger partial charge in [-0.25, -0.2) is 19.3 Å². The lowest BCUT2D eigenvalue weighted by Gasteiger charge is -2.47. The van der Waals surface area contributed by atoms with Crippen LogP contribution in [0.1, 0.15) is 45.6 Å². The fraction of sp³-hybridized carbons (Fsp3) is 0.345. The average Bonchev–Trinajstić information content (AvgIpc) is 3.56. The Morgan fingerprint density at radius 3 is 2.55 bits per heavy atom. The summed E-state index contributed by atoms with van der Waals surface area (Å²) in [6.07, 6.45) is 2.96. The number of rotatable bonds is 7. The highest BCUT2D eigenvalue weighted by molar-refractivity contribution is 5.91. The van der Waals surface area contributed by atoms with Crippen molar-refractivity contribution in [3.05, 3.63) is 83.4 Å². The average molecular weight is 542 g/mol. The van der Waals surface area contributed by atoms with Crippen LogP contribution in [0.25, 0.3) is 5.65 Å². The monoisotopic (exact) mass is 541 g/mol. The number of fused-ring (bicyclic) bond motifs is 1. The Balaban J connectivity index is 1.11. The fourth-order valence-electron chi connectivity index (χ4n) is 5.64. The lowest BCUT2D eigenvalue weighted by molar-refractivity contribution is 0.0122. The van der Waals surface area contributed by atoms with E-state index in [-0.39, 0.29) is 36.6 Å². The topological polar surface area (TPSA) is 136 Å². The van der Waals surface area contributed by atoms with E-state index in [2.05, 4.69) is 62.5 Å². The molecule has 3 aromatic heterocycles. The standard InChI is InChI=1S/C29H31N7O4/c1-19-13-21(34-12-11-28(2,16-34)20-7-4-3-5-8-20)14-36-25(19)32-24(33-36)26(37)30-15-29(40)17-35(18-29)23-10-6-9-22(31-23)27(38)39/h3-10,13-14,40H,11-12,15-18H2,1-2H3,(H,30,37)(H,38,39)/t28-/m0/s1. The van der Waals surface area contributed by atoms with Crippen LogP contribution in [0.4, 0.5) is 11.5 Å². The Morgan fingerprint density at radius 2 is 1.80 bits per heavy atom. The molecule has 2 saturated heterocycles.